The average Bonchev–Trinajstić information content (AvgIpc) is 3.16. The highest BCUT2D eigenvalue weighted by molar-refractivity contribution is 5.80. The van der Waals surface area contributed by atoms with Crippen molar-refractivity contribution < 1.29 is 19.1 Å². The van der Waals surface area contributed by atoms with Gasteiger partial charge in [0.25, 0.3) is 0 Å². The molecule has 1 aromatic rings. The molecular weight excluding hydrogens is 392 g/mol. The van der Waals surface area contributed by atoms with Crippen LogP contribution in [0, 0.1) is 12.3 Å². The zero-order chi connectivity index (χ0) is 22.3. The van der Waals surface area contributed by atoms with Crippen LogP contribution in [0.3, 0.4) is 0 Å². The van der Waals surface area contributed by atoms with E-state index in [-0.39, 0.29) is 17.9 Å². The van der Waals surface area contributed by atoms with Crippen molar-refractivity contribution in [2.45, 2.75) is 75.8 Å². The van der Waals surface area contributed by atoms with Crippen LogP contribution >= 0.6 is 0 Å². The lowest BCUT2D eigenvalue weighted by atomic mass is 9.84. The highest BCUT2D eigenvalue weighted by Crippen LogP contribution is 2.34. The van der Waals surface area contributed by atoms with E-state index in [1.54, 1.807) is 14.2 Å². The Morgan fingerprint density at radius 1 is 1.23 bits per heavy atom. The van der Waals surface area contributed by atoms with E-state index >= 15 is 0 Å². The molecule has 6 heteroatoms. The first-order valence-electron chi connectivity index (χ1n) is 11.2. The molecule has 168 valence electrons. The Morgan fingerprint density at radius 3 is 2.58 bits per heavy atom. The zero-order valence-corrected chi connectivity index (χ0v) is 18.7. The third-order valence-electron chi connectivity index (χ3n) is 6.64. The fourth-order valence-corrected chi connectivity index (χ4v) is 4.97. The van der Waals surface area contributed by atoms with Crippen molar-refractivity contribution in [2.24, 2.45) is 0 Å². The monoisotopic (exact) mass is 426 g/mol. The molecule has 2 amide bonds. The lowest BCUT2D eigenvalue weighted by Crippen LogP contribution is -2.46. The quantitative estimate of drug-likeness (QED) is 0.614. The van der Waals surface area contributed by atoms with E-state index in [2.05, 4.69) is 11.2 Å². The van der Waals surface area contributed by atoms with Crippen LogP contribution in [0.1, 0.15) is 63.4 Å². The van der Waals surface area contributed by atoms with Gasteiger partial charge in [0.1, 0.15) is 0 Å². The van der Waals surface area contributed by atoms with Crippen molar-refractivity contribution in [1.82, 2.24) is 10.2 Å². The van der Waals surface area contributed by atoms with Gasteiger partial charge in [-0.05, 0) is 49.8 Å². The first kappa shape index (κ1) is 23.0. The number of nitrogens with one attached hydrogen (secondary N) is 1. The number of methoxy groups -OCH3 is 2. The molecule has 1 N–H and O–H groups in total. The van der Waals surface area contributed by atoms with Crippen LogP contribution in [0.5, 0.6) is 11.5 Å². The molecule has 0 unspecified atom stereocenters. The summed E-state index contributed by atoms with van der Waals surface area (Å²) in [5, 5.41) is 3.17. The maximum absolute atomic E-state index is 13.1. The molecular formula is C25H34N2O4. The Kier molecular flexibility index (Phi) is 7.84. The molecule has 2 fully saturated rings. The zero-order valence-electron chi connectivity index (χ0n) is 18.7. The largest absolute Gasteiger partial charge is 0.493 e. The number of benzene rings is 1. The minimum atomic E-state index is -0.430. The van der Waals surface area contributed by atoms with E-state index in [9.17, 15) is 9.59 Å². The van der Waals surface area contributed by atoms with Gasteiger partial charge in [-0.15, -0.1) is 6.42 Å². The lowest BCUT2D eigenvalue weighted by molar-refractivity contribution is -0.134. The summed E-state index contributed by atoms with van der Waals surface area (Å²) in [4.78, 5) is 27.1. The maximum atomic E-state index is 13.1. The van der Waals surface area contributed by atoms with Crippen molar-refractivity contribution >= 4 is 11.8 Å². The number of carbonyl (C=O) groups is 2. The summed E-state index contributed by atoms with van der Waals surface area (Å²) >= 11 is 0. The van der Waals surface area contributed by atoms with Crippen LogP contribution in [0.2, 0.25) is 0 Å². The smallest absolute Gasteiger partial charge is 0.223 e. The number of hydrogen-bond acceptors (Lipinski definition) is 4. The summed E-state index contributed by atoms with van der Waals surface area (Å²) in [6.45, 7) is 0.360. The highest BCUT2D eigenvalue weighted by Gasteiger charge is 2.38. The van der Waals surface area contributed by atoms with E-state index in [0.717, 1.165) is 31.2 Å². The van der Waals surface area contributed by atoms with Gasteiger partial charge in [-0.3, -0.25) is 9.59 Å². The summed E-state index contributed by atoms with van der Waals surface area (Å²) in [5.74, 6) is 4.13. The number of nitrogens with zero attached hydrogens (tertiary/aromatic N) is 1. The van der Waals surface area contributed by atoms with Crippen LogP contribution in [0.4, 0.5) is 0 Å². The van der Waals surface area contributed by atoms with Crippen LogP contribution in [0.25, 0.3) is 0 Å². The third-order valence-corrected chi connectivity index (χ3v) is 6.64. The molecule has 1 aromatic carbocycles. The predicted octanol–water partition coefficient (Wildman–Crippen LogP) is 3.47. The van der Waals surface area contributed by atoms with Crippen LogP contribution in [-0.4, -0.2) is 49.1 Å². The molecule has 1 aliphatic carbocycles. The van der Waals surface area contributed by atoms with E-state index in [0.29, 0.717) is 50.1 Å². The van der Waals surface area contributed by atoms with Crippen LogP contribution in [0.15, 0.2) is 18.2 Å². The normalized spacial score (nSPS) is 21.3. The average molecular weight is 427 g/mol. The second-order valence-corrected chi connectivity index (χ2v) is 8.71. The van der Waals surface area contributed by atoms with Crippen molar-refractivity contribution in [2.75, 3.05) is 20.8 Å². The molecule has 2 aliphatic rings. The molecule has 3 rings (SSSR count). The Hall–Kier alpha value is -2.68. The number of amides is 2. The van der Waals surface area contributed by atoms with E-state index in [4.69, 9.17) is 15.9 Å². The molecule has 1 saturated carbocycles. The summed E-state index contributed by atoms with van der Waals surface area (Å²) < 4.78 is 10.8. The van der Waals surface area contributed by atoms with Crippen LogP contribution < -0.4 is 14.8 Å². The van der Waals surface area contributed by atoms with Crippen LogP contribution in [-0.2, 0) is 16.0 Å². The molecule has 1 heterocycles. The SMILES string of the molecule is C#CCN(C(=O)CC[C@]1(Cc2ccc(OC)c(OC)c2)CCC(=O)N1)C1CCCCC1. The maximum Gasteiger partial charge on any atom is 0.223 e. The van der Waals surface area contributed by atoms with Gasteiger partial charge in [0.15, 0.2) is 11.5 Å². The van der Waals surface area contributed by atoms with Gasteiger partial charge in [-0.1, -0.05) is 31.2 Å². The first-order chi connectivity index (χ1) is 15.0. The molecule has 31 heavy (non-hydrogen) atoms. The number of rotatable bonds is 9. The molecule has 0 aromatic heterocycles. The van der Waals surface area contributed by atoms with E-state index < -0.39 is 5.54 Å². The Balaban J connectivity index is 1.71. The van der Waals surface area contributed by atoms with Gasteiger partial charge >= 0.3 is 0 Å². The topological polar surface area (TPSA) is 67.9 Å². The first-order valence-corrected chi connectivity index (χ1v) is 11.2. The summed E-state index contributed by atoms with van der Waals surface area (Å²) in [7, 11) is 3.22. The molecule has 1 aliphatic heterocycles. The van der Waals surface area contributed by atoms with Crippen molar-refractivity contribution in [3.05, 3.63) is 23.8 Å². The fourth-order valence-electron chi connectivity index (χ4n) is 4.97. The van der Waals surface area contributed by atoms with Gasteiger partial charge in [0.2, 0.25) is 11.8 Å². The number of hydrogen-bond donors (Lipinski definition) is 1. The summed E-state index contributed by atoms with van der Waals surface area (Å²) in [6.07, 6.45) is 14.0. The molecule has 1 atom stereocenters. The fraction of sp³-hybridized carbons (Fsp3) is 0.600. The van der Waals surface area contributed by atoms with Gasteiger partial charge in [-0.25, -0.2) is 0 Å². The van der Waals surface area contributed by atoms with Gasteiger partial charge in [0.05, 0.1) is 20.8 Å². The number of terminal acetylenes is 1. The molecule has 0 spiro atoms. The van der Waals surface area contributed by atoms with Gasteiger partial charge in [0, 0.05) is 24.4 Å². The Labute approximate surface area is 185 Å². The van der Waals surface area contributed by atoms with Crippen molar-refractivity contribution in [3.63, 3.8) is 0 Å². The van der Waals surface area contributed by atoms with Gasteiger partial charge in [-0.2, -0.15) is 0 Å². The second kappa shape index (κ2) is 10.6. The summed E-state index contributed by atoms with van der Waals surface area (Å²) in [6, 6.07) is 6.06. The Bertz CT molecular complexity index is 825. The standard InChI is InChI=1S/C25H34N2O4/c1-4-16-27(20-8-6-5-7-9-20)24(29)13-15-25(14-12-23(28)26-25)18-19-10-11-21(30-2)22(17-19)31-3/h1,10-11,17,20H,5-9,12-16,18H2,2-3H3,(H,26,28)/t25-/m0/s1. The second-order valence-electron chi connectivity index (χ2n) is 8.71. The van der Waals surface area contributed by atoms with Crippen molar-refractivity contribution in [3.8, 4) is 23.8 Å². The van der Waals surface area contributed by atoms with Crippen molar-refractivity contribution in [1.29, 1.82) is 0 Å². The molecule has 0 radical (unpaired) electrons. The van der Waals surface area contributed by atoms with E-state index in [1.807, 2.05) is 23.1 Å². The molecule has 6 nitrogen and oxygen atoms in total. The highest BCUT2D eigenvalue weighted by atomic mass is 16.5. The number of carbonyl (C=O) groups excluding carboxylic acids is 2. The number of ether oxygens (including phenoxy) is 2. The Morgan fingerprint density at radius 2 is 1.97 bits per heavy atom. The third kappa shape index (κ3) is 5.72. The molecule has 1 saturated heterocycles. The minimum Gasteiger partial charge on any atom is -0.493 e. The lowest BCUT2D eigenvalue weighted by Gasteiger charge is -2.35. The summed E-state index contributed by atoms with van der Waals surface area (Å²) in [5.41, 5.74) is 0.612. The predicted molar refractivity (Wildman–Crippen MR) is 120 cm³/mol. The molecule has 0 bridgehead atoms. The minimum absolute atomic E-state index is 0.0423. The van der Waals surface area contributed by atoms with E-state index in [1.165, 1.54) is 6.42 Å². The van der Waals surface area contributed by atoms with Gasteiger partial charge < -0.3 is 19.7 Å².